The summed E-state index contributed by atoms with van der Waals surface area (Å²) < 4.78 is 16.4. The molecule has 21 heavy (non-hydrogen) atoms. The van der Waals surface area contributed by atoms with Crippen molar-refractivity contribution in [3.63, 3.8) is 0 Å². The van der Waals surface area contributed by atoms with Crippen LogP contribution in [0, 0.1) is 5.92 Å². The first-order valence-electron chi connectivity index (χ1n) is 7.38. The molecule has 2 atom stereocenters. The van der Waals surface area contributed by atoms with E-state index >= 15 is 0 Å². The zero-order chi connectivity index (χ0) is 15.4. The third kappa shape index (κ3) is 3.24. The van der Waals surface area contributed by atoms with Crippen LogP contribution in [-0.2, 0) is 0 Å². The van der Waals surface area contributed by atoms with Crippen molar-refractivity contribution in [2.45, 2.75) is 19.4 Å². The van der Waals surface area contributed by atoms with Gasteiger partial charge in [0.2, 0.25) is 0 Å². The Balaban J connectivity index is 2.43. The summed E-state index contributed by atoms with van der Waals surface area (Å²) in [5.41, 5.74) is 7.08. The highest BCUT2D eigenvalue weighted by atomic mass is 16.5. The predicted octanol–water partition coefficient (Wildman–Crippen LogP) is 2.05. The number of ether oxygens (including phenoxy) is 3. The van der Waals surface area contributed by atoms with E-state index in [9.17, 15) is 0 Å². The lowest BCUT2D eigenvalue weighted by molar-refractivity contribution is 0.231. The Hall–Kier alpha value is -1.46. The summed E-state index contributed by atoms with van der Waals surface area (Å²) >= 11 is 0. The van der Waals surface area contributed by atoms with Crippen LogP contribution >= 0.6 is 0 Å². The number of hydrogen-bond donors (Lipinski definition) is 1. The first-order valence-corrected chi connectivity index (χ1v) is 7.38. The Labute approximate surface area is 127 Å². The summed E-state index contributed by atoms with van der Waals surface area (Å²) in [7, 11) is 4.96. The van der Waals surface area contributed by atoms with Crippen LogP contribution < -0.4 is 19.9 Å². The van der Waals surface area contributed by atoms with Gasteiger partial charge in [-0.15, -0.1) is 0 Å². The number of nitrogens with zero attached hydrogens (tertiary/aromatic N) is 1. The number of benzene rings is 1. The van der Waals surface area contributed by atoms with Crippen molar-refractivity contribution in [2.24, 2.45) is 11.7 Å². The van der Waals surface area contributed by atoms with E-state index in [0.29, 0.717) is 12.5 Å². The molecule has 1 aromatic carbocycles. The van der Waals surface area contributed by atoms with Crippen LogP contribution in [0.4, 0.5) is 0 Å². The Morgan fingerprint density at radius 3 is 2.19 bits per heavy atom. The number of hydrogen-bond acceptors (Lipinski definition) is 5. The van der Waals surface area contributed by atoms with Gasteiger partial charge in [-0.2, -0.15) is 0 Å². The highest BCUT2D eigenvalue weighted by Crippen LogP contribution is 2.41. The fourth-order valence-electron chi connectivity index (χ4n) is 3.06. The molecule has 1 aliphatic heterocycles. The van der Waals surface area contributed by atoms with Crippen LogP contribution in [0.15, 0.2) is 12.1 Å². The van der Waals surface area contributed by atoms with Crippen LogP contribution in [0.1, 0.15) is 24.9 Å². The second kappa shape index (κ2) is 7.00. The highest BCUT2D eigenvalue weighted by Gasteiger charge is 2.30. The Kier molecular flexibility index (Phi) is 5.31. The zero-order valence-electron chi connectivity index (χ0n) is 13.4. The first-order chi connectivity index (χ1) is 10.1. The van der Waals surface area contributed by atoms with Gasteiger partial charge in [-0.25, -0.2) is 0 Å². The van der Waals surface area contributed by atoms with Crippen molar-refractivity contribution in [2.75, 3.05) is 41.0 Å². The molecule has 5 nitrogen and oxygen atoms in total. The molecule has 0 spiro atoms. The largest absolute Gasteiger partial charge is 0.496 e. The molecule has 0 aliphatic carbocycles. The normalized spacial score (nSPS) is 20.3. The maximum absolute atomic E-state index is 6.06. The standard InChI is InChI=1S/C16H26N2O3/c1-11-5-6-18(10-11)13(9-17)16-14(20-3)7-12(19-2)8-15(16)21-4/h7-8,11,13H,5-6,9-10,17H2,1-4H3. The summed E-state index contributed by atoms with van der Waals surface area (Å²) in [4.78, 5) is 2.41. The van der Waals surface area contributed by atoms with Crippen molar-refractivity contribution in [3.8, 4) is 17.2 Å². The second-order valence-corrected chi connectivity index (χ2v) is 5.59. The lowest BCUT2D eigenvalue weighted by Crippen LogP contribution is -2.32. The van der Waals surface area contributed by atoms with E-state index in [2.05, 4.69) is 11.8 Å². The van der Waals surface area contributed by atoms with Crippen LogP contribution in [0.2, 0.25) is 0 Å². The number of rotatable bonds is 6. The fourth-order valence-corrected chi connectivity index (χ4v) is 3.06. The molecule has 0 amide bonds. The molecule has 118 valence electrons. The minimum absolute atomic E-state index is 0.103. The van der Waals surface area contributed by atoms with Gasteiger partial charge in [-0.3, -0.25) is 4.90 Å². The van der Waals surface area contributed by atoms with E-state index in [-0.39, 0.29) is 6.04 Å². The lowest BCUT2D eigenvalue weighted by atomic mass is 10.0. The smallest absolute Gasteiger partial charge is 0.131 e. The molecule has 1 saturated heterocycles. The molecule has 2 N–H and O–H groups in total. The van der Waals surface area contributed by atoms with E-state index in [1.807, 2.05) is 12.1 Å². The molecular formula is C16H26N2O3. The van der Waals surface area contributed by atoms with Crippen molar-refractivity contribution in [1.29, 1.82) is 0 Å². The lowest BCUT2D eigenvalue weighted by Gasteiger charge is -2.29. The molecule has 0 saturated carbocycles. The summed E-state index contributed by atoms with van der Waals surface area (Å²) in [5, 5.41) is 0. The highest BCUT2D eigenvalue weighted by molar-refractivity contribution is 5.52. The van der Waals surface area contributed by atoms with E-state index in [1.165, 1.54) is 6.42 Å². The Morgan fingerprint density at radius 1 is 1.19 bits per heavy atom. The first kappa shape index (κ1) is 15.9. The van der Waals surface area contributed by atoms with Gasteiger partial charge < -0.3 is 19.9 Å². The molecule has 2 unspecified atom stereocenters. The summed E-state index contributed by atoms with van der Waals surface area (Å²) in [6.45, 7) is 4.92. The maximum Gasteiger partial charge on any atom is 0.131 e. The summed E-state index contributed by atoms with van der Waals surface area (Å²) in [5.74, 6) is 2.95. The molecule has 2 rings (SSSR count). The number of nitrogens with two attached hydrogens (primary N) is 1. The Morgan fingerprint density at radius 2 is 1.81 bits per heavy atom. The van der Waals surface area contributed by atoms with Gasteiger partial charge in [0.05, 0.1) is 32.9 Å². The van der Waals surface area contributed by atoms with Crippen LogP contribution in [-0.4, -0.2) is 45.9 Å². The van der Waals surface area contributed by atoms with Gasteiger partial charge >= 0.3 is 0 Å². The average Bonchev–Trinajstić information content (AvgIpc) is 2.94. The van der Waals surface area contributed by atoms with E-state index in [1.54, 1.807) is 21.3 Å². The zero-order valence-corrected chi connectivity index (χ0v) is 13.4. The molecule has 0 radical (unpaired) electrons. The van der Waals surface area contributed by atoms with Gasteiger partial charge in [-0.1, -0.05) is 6.92 Å². The van der Waals surface area contributed by atoms with Gasteiger partial charge in [0.15, 0.2) is 0 Å². The van der Waals surface area contributed by atoms with Crippen LogP contribution in [0.3, 0.4) is 0 Å². The van der Waals surface area contributed by atoms with Crippen molar-refractivity contribution in [1.82, 2.24) is 4.90 Å². The summed E-state index contributed by atoms with van der Waals surface area (Å²) in [6, 6.07) is 3.88. The quantitative estimate of drug-likeness (QED) is 0.870. The molecule has 0 aromatic heterocycles. The number of likely N-dealkylation sites (tertiary alicyclic amines) is 1. The van der Waals surface area contributed by atoms with Crippen molar-refractivity contribution in [3.05, 3.63) is 17.7 Å². The monoisotopic (exact) mass is 294 g/mol. The van der Waals surface area contributed by atoms with Gasteiger partial charge in [-0.05, 0) is 18.9 Å². The minimum Gasteiger partial charge on any atom is -0.496 e. The van der Waals surface area contributed by atoms with E-state index in [4.69, 9.17) is 19.9 Å². The second-order valence-electron chi connectivity index (χ2n) is 5.59. The molecule has 1 heterocycles. The molecule has 1 aromatic rings. The Bertz CT molecular complexity index is 454. The topological polar surface area (TPSA) is 57.0 Å². The fraction of sp³-hybridized carbons (Fsp3) is 0.625. The number of methoxy groups -OCH3 is 3. The van der Waals surface area contributed by atoms with Gasteiger partial charge in [0.25, 0.3) is 0 Å². The molecule has 1 aliphatic rings. The molecule has 5 heteroatoms. The minimum atomic E-state index is 0.103. The van der Waals surface area contributed by atoms with Gasteiger partial charge in [0, 0.05) is 25.2 Å². The molecular weight excluding hydrogens is 268 g/mol. The van der Waals surface area contributed by atoms with Crippen LogP contribution in [0.5, 0.6) is 17.2 Å². The van der Waals surface area contributed by atoms with Crippen LogP contribution in [0.25, 0.3) is 0 Å². The van der Waals surface area contributed by atoms with Gasteiger partial charge in [0.1, 0.15) is 17.2 Å². The SMILES string of the molecule is COc1cc(OC)c(C(CN)N2CCC(C)C2)c(OC)c1. The van der Waals surface area contributed by atoms with E-state index < -0.39 is 0 Å². The maximum atomic E-state index is 6.06. The molecule has 0 bridgehead atoms. The third-order valence-corrected chi connectivity index (χ3v) is 4.21. The van der Waals surface area contributed by atoms with Crippen molar-refractivity contribution < 1.29 is 14.2 Å². The predicted molar refractivity (Wildman–Crippen MR) is 83.2 cm³/mol. The molecule has 1 fully saturated rings. The average molecular weight is 294 g/mol. The third-order valence-electron chi connectivity index (χ3n) is 4.21. The van der Waals surface area contributed by atoms with E-state index in [0.717, 1.165) is 35.9 Å². The summed E-state index contributed by atoms with van der Waals surface area (Å²) in [6.07, 6.45) is 1.21. The van der Waals surface area contributed by atoms with Crippen molar-refractivity contribution >= 4 is 0 Å².